The molecule has 156 valence electrons. The Balaban J connectivity index is 1.32. The van der Waals surface area contributed by atoms with Crippen molar-refractivity contribution < 1.29 is 9.21 Å². The monoisotopic (exact) mass is 422 g/mol. The maximum absolute atomic E-state index is 13.0. The normalized spacial score (nSPS) is 21.4. The first kappa shape index (κ1) is 19.4. The summed E-state index contributed by atoms with van der Waals surface area (Å²) in [6, 6.07) is 13.7. The fourth-order valence-corrected chi connectivity index (χ4v) is 5.64. The number of piperidine rings is 1. The molecule has 0 radical (unpaired) electrons. The van der Waals surface area contributed by atoms with Crippen LogP contribution in [-0.2, 0) is 4.79 Å². The molecule has 1 aliphatic carbocycles. The minimum Gasteiger partial charge on any atom is -0.461 e. The van der Waals surface area contributed by atoms with Crippen LogP contribution in [0.1, 0.15) is 32.1 Å². The molecule has 1 saturated heterocycles. The van der Waals surface area contributed by atoms with Crippen LogP contribution in [0.3, 0.4) is 0 Å². The molecule has 1 aliphatic heterocycles. The molecule has 2 fully saturated rings. The first-order chi connectivity index (χ1) is 14.8. The zero-order valence-electron chi connectivity index (χ0n) is 16.9. The van der Waals surface area contributed by atoms with E-state index in [1.165, 1.54) is 37.4 Å². The van der Waals surface area contributed by atoms with Gasteiger partial charge in [0.1, 0.15) is 0 Å². The molecule has 2 unspecified atom stereocenters. The molecule has 6 nitrogen and oxygen atoms in total. The quantitative estimate of drug-likeness (QED) is 0.560. The Labute approximate surface area is 180 Å². The molecule has 1 saturated carbocycles. The third-order valence-electron chi connectivity index (χ3n) is 6.36. The summed E-state index contributed by atoms with van der Waals surface area (Å²) < 4.78 is 7.52. The highest BCUT2D eigenvalue weighted by molar-refractivity contribution is 7.99. The number of fused-ring (bicyclic) bond motifs is 1. The number of hydrogen-bond donors (Lipinski definition) is 0. The summed E-state index contributed by atoms with van der Waals surface area (Å²) >= 11 is 1.45. The van der Waals surface area contributed by atoms with Gasteiger partial charge in [-0.15, -0.1) is 10.2 Å². The number of carbonyl (C=O) groups is 1. The number of aromatic nitrogens is 3. The summed E-state index contributed by atoms with van der Waals surface area (Å²) in [6.45, 7) is 1.82. The zero-order valence-corrected chi connectivity index (χ0v) is 17.8. The Hall–Kier alpha value is -2.54. The molecule has 3 aromatic rings. The Morgan fingerprint density at radius 2 is 1.87 bits per heavy atom. The third kappa shape index (κ3) is 3.90. The molecule has 7 heteroatoms. The number of thioether (sulfide) groups is 1. The number of rotatable bonds is 5. The second-order valence-corrected chi connectivity index (χ2v) is 9.12. The van der Waals surface area contributed by atoms with Gasteiger partial charge in [-0.2, -0.15) is 0 Å². The Morgan fingerprint density at radius 1 is 1.03 bits per heavy atom. The molecule has 2 aromatic heterocycles. The van der Waals surface area contributed by atoms with Crippen LogP contribution in [0.15, 0.2) is 58.3 Å². The van der Waals surface area contributed by atoms with Crippen molar-refractivity contribution in [2.45, 2.75) is 37.3 Å². The molecule has 3 heterocycles. The largest absolute Gasteiger partial charge is 0.461 e. The SMILES string of the molecule is O=C(CSc1nnc(-c2ccco2)n1-c1ccccc1)N1CCC2CCCCC2C1. The van der Waals surface area contributed by atoms with Crippen molar-refractivity contribution in [3.8, 4) is 17.3 Å². The minimum absolute atomic E-state index is 0.200. The van der Waals surface area contributed by atoms with Crippen molar-refractivity contribution in [3.63, 3.8) is 0 Å². The average Bonchev–Trinajstić information content (AvgIpc) is 3.47. The lowest BCUT2D eigenvalue weighted by Crippen LogP contribution is -2.45. The van der Waals surface area contributed by atoms with Gasteiger partial charge in [0.15, 0.2) is 10.9 Å². The lowest BCUT2D eigenvalue weighted by molar-refractivity contribution is -0.131. The van der Waals surface area contributed by atoms with Gasteiger partial charge in [0.2, 0.25) is 11.7 Å². The van der Waals surface area contributed by atoms with Crippen LogP contribution in [0.25, 0.3) is 17.3 Å². The number of hydrogen-bond acceptors (Lipinski definition) is 5. The van der Waals surface area contributed by atoms with Gasteiger partial charge in [-0.25, -0.2) is 0 Å². The minimum atomic E-state index is 0.200. The van der Waals surface area contributed by atoms with Gasteiger partial charge < -0.3 is 9.32 Å². The lowest BCUT2D eigenvalue weighted by Gasteiger charge is -2.41. The molecular formula is C23H26N4O2S. The number of para-hydroxylation sites is 1. The predicted molar refractivity (Wildman–Crippen MR) is 116 cm³/mol. The highest BCUT2D eigenvalue weighted by Gasteiger charge is 2.33. The molecule has 2 atom stereocenters. The van der Waals surface area contributed by atoms with Crippen LogP contribution in [0, 0.1) is 11.8 Å². The number of furan rings is 1. The number of carbonyl (C=O) groups excluding carboxylic acids is 1. The van der Waals surface area contributed by atoms with Gasteiger partial charge in [-0.05, 0) is 48.9 Å². The fourth-order valence-electron chi connectivity index (χ4n) is 4.78. The van der Waals surface area contributed by atoms with Gasteiger partial charge in [-0.3, -0.25) is 9.36 Å². The summed E-state index contributed by atoms with van der Waals surface area (Å²) in [5, 5.41) is 9.43. The van der Waals surface area contributed by atoms with Crippen molar-refractivity contribution in [2.24, 2.45) is 11.8 Å². The highest BCUT2D eigenvalue weighted by atomic mass is 32.2. The summed E-state index contributed by atoms with van der Waals surface area (Å²) in [4.78, 5) is 15.0. The van der Waals surface area contributed by atoms with E-state index in [4.69, 9.17) is 4.42 Å². The smallest absolute Gasteiger partial charge is 0.233 e. The van der Waals surface area contributed by atoms with Gasteiger partial charge in [0.25, 0.3) is 0 Å². The van der Waals surface area contributed by atoms with Crippen molar-refractivity contribution in [1.82, 2.24) is 19.7 Å². The molecule has 0 bridgehead atoms. The highest BCUT2D eigenvalue weighted by Crippen LogP contribution is 2.36. The van der Waals surface area contributed by atoms with Crippen molar-refractivity contribution in [1.29, 1.82) is 0 Å². The van der Waals surface area contributed by atoms with E-state index in [1.807, 2.05) is 47.0 Å². The number of benzene rings is 1. The van der Waals surface area contributed by atoms with Crippen LogP contribution >= 0.6 is 11.8 Å². The second-order valence-electron chi connectivity index (χ2n) is 8.18. The summed E-state index contributed by atoms with van der Waals surface area (Å²) in [5.41, 5.74) is 0.951. The van der Waals surface area contributed by atoms with E-state index in [-0.39, 0.29) is 5.91 Å². The van der Waals surface area contributed by atoms with Crippen molar-refractivity contribution >= 4 is 17.7 Å². The predicted octanol–water partition coefficient (Wildman–Crippen LogP) is 4.66. The Morgan fingerprint density at radius 3 is 2.67 bits per heavy atom. The first-order valence-electron chi connectivity index (χ1n) is 10.7. The van der Waals surface area contributed by atoms with E-state index in [0.29, 0.717) is 28.4 Å². The Kier molecular flexibility index (Phi) is 5.62. The van der Waals surface area contributed by atoms with Gasteiger partial charge in [-0.1, -0.05) is 49.2 Å². The lowest BCUT2D eigenvalue weighted by atomic mass is 9.75. The number of likely N-dealkylation sites (tertiary alicyclic amines) is 1. The van der Waals surface area contributed by atoms with E-state index in [1.54, 1.807) is 6.26 Å². The summed E-state index contributed by atoms with van der Waals surface area (Å²) in [5.74, 6) is 3.40. The topological polar surface area (TPSA) is 64.2 Å². The van der Waals surface area contributed by atoms with Gasteiger partial charge >= 0.3 is 0 Å². The molecule has 5 rings (SSSR count). The molecule has 30 heavy (non-hydrogen) atoms. The van der Waals surface area contributed by atoms with E-state index in [2.05, 4.69) is 15.1 Å². The third-order valence-corrected chi connectivity index (χ3v) is 7.27. The summed E-state index contributed by atoms with van der Waals surface area (Å²) in [6.07, 6.45) is 8.08. The van der Waals surface area contributed by atoms with E-state index >= 15 is 0 Å². The van der Waals surface area contributed by atoms with E-state index in [0.717, 1.165) is 31.1 Å². The van der Waals surface area contributed by atoms with E-state index in [9.17, 15) is 4.79 Å². The number of amides is 1. The standard InChI is InChI=1S/C23H26N4O2S/c28-21(26-13-12-17-7-4-5-8-18(17)15-26)16-30-23-25-24-22(20-11-6-14-29-20)27(23)19-9-2-1-3-10-19/h1-3,6,9-11,14,17-18H,4-5,7-8,12-13,15-16H2. The maximum Gasteiger partial charge on any atom is 0.233 e. The maximum atomic E-state index is 13.0. The summed E-state index contributed by atoms with van der Waals surface area (Å²) in [7, 11) is 0. The molecule has 2 aliphatic rings. The second kappa shape index (κ2) is 8.68. The van der Waals surface area contributed by atoms with Crippen LogP contribution in [0.4, 0.5) is 0 Å². The molecule has 1 amide bonds. The molecule has 0 spiro atoms. The van der Waals surface area contributed by atoms with Crippen molar-refractivity contribution in [3.05, 3.63) is 48.7 Å². The van der Waals surface area contributed by atoms with Crippen LogP contribution < -0.4 is 0 Å². The van der Waals surface area contributed by atoms with Crippen LogP contribution in [-0.4, -0.2) is 44.4 Å². The Bertz CT molecular complexity index is 986. The molecular weight excluding hydrogens is 396 g/mol. The van der Waals surface area contributed by atoms with Crippen LogP contribution in [0.2, 0.25) is 0 Å². The fraction of sp³-hybridized carbons (Fsp3) is 0.435. The van der Waals surface area contributed by atoms with Crippen LogP contribution in [0.5, 0.6) is 0 Å². The van der Waals surface area contributed by atoms with Gasteiger partial charge in [0, 0.05) is 18.8 Å². The number of nitrogens with zero attached hydrogens (tertiary/aromatic N) is 4. The van der Waals surface area contributed by atoms with Gasteiger partial charge in [0.05, 0.1) is 12.0 Å². The van der Waals surface area contributed by atoms with Crippen molar-refractivity contribution in [2.75, 3.05) is 18.8 Å². The van der Waals surface area contributed by atoms with E-state index < -0.39 is 0 Å². The average molecular weight is 423 g/mol. The first-order valence-corrected chi connectivity index (χ1v) is 11.7. The zero-order chi connectivity index (χ0) is 20.3. The molecule has 1 aromatic carbocycles. The molecule has 0 N–H and O–H groups in total.